The lowest BCUT2D eigenvalue weighted by Crippen LogP contribution is -2.52. The van der Waals surface area contributed by atoms with Crippen molar-refractivity contribution in [3.63, 3.8) is 0 Å². The van der Waals surface area contributed by atoms with Crippen LogP contribution >= 0.6 is 0 Å². The molecule has 2 fully saturated rings. The van der Waals surface area contributed by atoms with Gasteiger partial charge in [-0.25, -0.2) is 8.42 Å². The van der Waals surface area contributed by atoms with Crippen LogP contribution in [0.25, 0.3) is 0 Å². The minimum Gasteiger partial charge on any atom is -0.480 e. The van der Waals surface area contributed by atoms with Crippen LogP contribution < -0.4 is 5.73 Å². The fourth-order valence-corrected chi connectivity index (χ4v) is 3.90. The molecule has 1 aliphatic heterocycles. The van der Waals surface area contributed by atoms with Gasteiger partial charge in [-0.15, -0.1) is 0 Å². The lowest BCUT2D eigenvalue weighted by atomic mass is 10.1. The molecule has 7 nitrogen and oxygen atoms in total. The van der Waals surface area contributed by atoms with Crippen LogP contribution in [0.3, 0.4) is 0 Å². The highest BCUT2D eigenvalue weighted by atomic mass is 32.2. The van der Waals surface area contributed by atoms with E-state index >= 15 is 0 Å². The van der Waals surface area contributed by atoms with Crippen molar-refractivity contribution in [2.75, 3.05) is 18.1 Å². The Hall–Kier alpha value is -1.15. The number of carbonyl (C=O) groups is 2. The molecule has 0 aromatic carbocycles. The van der Waals surface area contributed by atoms with Gasteiger partial charge >= 0.3 is 5.97 Å². The molecule has 2 rings (SSSR count). The molecule has 1 saturated carbocycles. The molecule has 1 unspecified atom stereocenters. The number of sulfone groups is 1. The Labute approximate surface area is 105 Å². The van der Waals surface area contributed by atoms with E-state index in [-0.39, 0.29) is 17.9 Å². The molecule has 0 bridgehead atoms. The molecule has 102 valence electrons. The molecule has 1 saturated heterocycles. The lowest BCUT2D eigenvalue weighted by Gasteiger charge is -2.29. The zero-order valence-electron chi connectivity index (χ0n) is 9.83. The van der Waals surface area contributed by atoms with Crippen LogP contribution in [0.1, 0.15) is 19.3 Å². The van der Waals surface area contributed by atoms with Crippen molar-refractivity contribution in [3.8, 4) is 0 Å². The van der Waals surface area contributed by atoms with Crippen LogP contribution in [0.15, 0.2) is 0 Å². The topological polar surface area (TPSA) is 118 Å². The SMILES string of the molecule is NC1(C(=O)N(CC(=O)O)C2CCS(=O)(=O)C2)CC1. The number of rotatable bonds is 4. The van der Waals surface area contributed by atoms with Crippen molar-refractivity contribution in [3.05, 3.63) is 0 Å². The highest BCUT2D eigenvalue weighted by molar-refractivity contribution is 7.91. The number of carboxylic acid groups (broad SMARTS) is 1. The van der Waals surface area contributed by atoms with E-state index in [4.69, 9.17) is 10.8 Å². The van der Waals surface area contributed by atoms with Gasteiger partial charge in [-0.2, -0.15) is 0 Å². The maximum absolute atomic E-state index is 12.1. The molecule has 0 aromatic rings. The molecule has 1 amide bonds. The molecule has 3 N–H and O–H groups in total. The third kappa shape index (κ3) is 2.64. The molecule has 8 heteroatoms. The van der Waals surface area contributed by atoms with Crippen molar-refractivity contribution < 1.29 is 23.1 Å². The second-order valence-corrected chi connectivity index (χ2v) is 7.27. The summed E-state index contributed by atoms with van der Waals surface area (Å²) >= 11 is 0. The molecule has 18 heavy (non-hydrogen) atoms. The maximum Gasteiger partial charge on any atom is 0.323 e. The Balaban J connectivity index is 2.15. The van der Waals surface area contributed by atoms with Crippen LogP contribution in [-0.2, 0) is 19.4 Å². The Morgan fingerprint density at radius 3 is 2.39 bits per heavy atom. The van der Waals surface area contributed by atoms with E-state index in [1.807, 2.05) is 0 Å². The van der Waals surface area contributed by atoms with Gasteiger partial charge in [-0.3, -0.25) is 9.59 Å². The van der Waals surface area contributed by atoms with Crippen LogP contribution in [0.4, 0.5) is 0 Å². The molecule has 2 aliphatic rings. The fourth-order valence-electron chi connectivity index (χ4n) is 2.17. The minimum absolute atomic E-state index is 0.00135. The summed E-state index contributed by atoms with van der Waals surface area (Å²) in [7, 11) is -3.16. The van der Waals surface area contributed by atoms with Crippen molar-refractivity contribution >= 4 is 21.7 Å². The number of hydrogen-bond donors (Lipinski definition) is 2. The molecule has 1 aliphatic carbocycles. The van der Waals surface area contributed by atoms with Gasteiger partial charge in [0.1, 0.15) is 6.54 Å². The first-order valence-electron chi connectivity index (χ1n) is 5.76. The van der Waals surface area contributed by atoms with Crippen molar-refractivity contribution in [2.24, 2.45) is 5.73 Å². The van der Waals surface area contributed by atoms with Crippen LogP contribution in [-0.4, -0.2) is 59.9 Å². The summed E-state index contributed by atoms with van der Waals surface area (Å²) in [4.78, 5) is 24.0. The zero-order valence-corrected chi connectivity index (χ0v) is 10.6. The van der Waals surface area contributed by atoms with Gasteiger partial charge in [-0.1, -0.05) is 0 Å². The van der Waals surface area contributed by atoms with E-state index in [1.54, 1.807) is 0 Å². The molecule has 1 atom stereocenters. The van der Waals surface area contributed by atoms with Crippen molar-refractivity contribution in [2.45, 2.75) is 30.8 Å². The standard InChI is InChI=1S/C10H16N2O5S/c11-10(2-3-10)9(15)12(5-8(13)14)7-1-4-18(16,17)6-7/h7H,1-6,11H2,(H,13,14). The van der Waals surface area contributed by atoms with E-state index in [0.717, 1.165) is 4.90 Å². The van der Waals surface area contributed by atoms with Gasteiger partial charge in [0.15, 0.2) is 9.84 Å². The second-order valence-electron chi connectivity index (χ2n) is 5.04. The van der Waals surface area contributed by atoms with E-state index in [0.29, 0.717) is 12.8 Å². The summed E-state index contributed by atoms with van der Waals surface area (Å²) < 4.78 is 22.8. The van der Waals surface area contributed by atoms with E-state index in [9.17, 15) is 18.0 Å². The quantitative estimate of drug-likeness (QED) is 0.650. The minimum atomic E-state index is -3.16. The number of amides is 1. The first kappa shape index (κ1) is 13.3. The highest BCUT2D eigenvalue weighted by Gasteiger charge is 2.50. The molecule has 0 aromatic heterocycles. The number of aliphatic carboxylic acids is 1. The summed E-state index contributed by atoms with van der Waals surface area (Å²) in [5.74, 6) is -1.76. The van der Waals surface area contributed by atoms with E-state index < -0.39 is 39.8 Å². The molecular formula is C10H16N2O5S. The smallest absolute Gasteiger partial charge is 0.323 e. The predicted molar refractivity (Wildman–Crippen MR) is 62.6 cm³/mol. The Kier molecular flexibility index (Phi) is 3.10. The second kappa shape index (κ2) is 4.20. The fraction of sp³-hybridized carbons (Fsp3) is 0.800. The van der Waals surface area contributed by atoms with Crippen LogP contribution in [0.2, 0.25) is 0 Å². The molecule has 1 heterocycles. The van der Waals surface area contributed by atoms with Gasteiger partial charge in [0.05, 0.1) is 17.0 Å². The first-order chi connectivity index (χ1) is 8.23. The maximum atomic E-state index is 12.1. The number of carboxylic acids is 1. The number of nitrogens with two attached hydrogens (primary N) is 1. The van der Waals surface area contributed by atoms with Gasteiger partial charge in [0.2, 0.25) is 5.91 Å². The molecule has 0 radical (unpaired) electrons. The largest absolute Gasteiger partial charge is 0.480 e. The Bertz CT molecular complexity index is 482. The van der Waals surface area contributed by atoms with Gasteiger partial charge in [0.25, 0.3) is 0 Å². The van der Waals surface area contributed by atoms with Gasteiger partial charge in [-0.05, 0) is 19.3 Å². The van der Waals surface area contributed by atoms with Crippen LogP contribution in [0.5, 0.6) is 0 Å². The van der Waals surface area contributed by atoms with Crippen molar-refractivity contribution in [1.29, 1.82) is 0 Å². The summed E-state index contributed by atoms with van der Waals surface area (Å²) in [5, 5.41) is 8.83. The summed E-state index contributed by atoms with van der Waals surface area (Å²) in [6.07, 6.45) is 1.35. The zero-order chi connectivity index (χ0) is 13.6. The number of nitrogens with zero attached hydrogens (tertiary/aromatic N) is 1. The predicted octanol–water partition coefficient (Wildman–Crippen LogP) is -1.42. The normalized spacial score (nSPS) is 27.7. The van der Waals surface area contributed by atoms with E-state index in [2.05, 4.69) is 0 Å². The van der Waals surface area contributed by atoms with E-state index in [1.165, 1.54) is 0 Å². The third-order valence-corrected chi connectivity index (χ3v) is 5.18. The lowest BCUT2D eigenvalue weighted by molar-refractivity contribution is -0.147. The number of carbonyl (C=O) groups excluding carboxylic acids is 1. The van der Waals surface area contributed by atoms with Gasteiger partial charge in [0, 0.05) is 6.04 Å². The van der Waals surface area contributed by atoms with Gasteiger partial charge < -0.3 is 15.7 Å². The number of hydrogen-bond acceptors (Lipinski definition) is 5. The average molecular weight is 276 g/mol. The highest BCUT2D eigenvalue weighted by Crippen LogP contribution is 2.35. The summed E-state index contributed by atoms with van der Waals surface area (Å²) in [6, 6.07) is -0.556. The van der Waals surface area contributed by atoms with Crippen molar-refractivity contribution in [1.82, 2.24) is 4.90 Å². The monoisotopic (exact) mass is 276 g/mol. The van der Waals surface area contributed by atoms with Crippen LogP contribution in [0, 0.1) is 0 Å². The molecular weight excluding hydrogens is 260 g/mol. The Morgan fingerprint density at radius 1 is 1.39 bits per heavy atom. The summed E-state index contributed by atoms with van der Waals surface area (Å²) in [6.45, 7) is -0.488. The molecule has 0 spiro atoms. The first-order valence-corrected chi connectivity index (χ1v) is 7.58. The average Bonchev–Trinajstić information content (AvgIpc) is 2.89. The Morgan fingerprint density at radius 2 is 2.00 bits per heavy atom. The summed E-state index contributed by atoms with van der Waals surface area (Å²) in [5.41, 5.74) is 4.80. The third-order valence-electron chi connectivity index (χ3n) is 3.43.